The number of nitrogens with zero attached hydrogens (tertiary/aromatic N) is 1. The second-order valence-electron chi connectivity index (χ2n) is 6.96. The highest BCUT2D eigenvalue weighted by molar-refractivity contribution is 5.69. The summed E-state index contributed by atoms with van der Waals surface area (Å²) in [6.07, 6.45) is -1.19. The van der Waals surface area contributed by atoms with Crippen LogP contribution in [0.1, 0.15) is 31.9 Å². The first-order valence-corrected chi connectivity index (χ1v) is 7.91. The van der Waals surface area contributed by atoms with Crippen LogP contribution in [0.15, 0.2) is 24.3 Å². The Morgan fingerprint density at radius 2 is 1.88 bits per heavy atom. The number of carbonyl (C=O) groups is 1. The number of ether oxygens (including phenoxy) is 2. The van der Waals surface area contributed by atoms with Crippen molar-refractivity contribution >= 4 is 12.2 Å². The van der Waals surface area contributed by atoms with Crippen LogP contribution in [0.3, 0.4) is 0 Å². The van der Waals surface area contributed by atoms with E-state index in [1.165, 1.54) is 19.2 Å². The monoisotopic (exact) mass is 357 g/mol. The van der Waals surface area contributed by atoms with Crippen LogP contribution >= 0.6 is 0 Å². The van der Waals surface area contributed by atoms with E-state index in [0.717, 1.165) is 6.07 Å². The number of likely N-dealkylation sites (tertiary alicyclic amines) is 1. The number of rotatable bonds is 3. The second kappa shape index (κ2) is 6.98. The molecule has 1 fully saturated rings. The lowest BCUT2D eigenvalue weighted by atomic mass is 9.99. The molecule has 1 aromatic carbocycles. The Bertz CT molecular complexity index is 657. The minimum Gasteiger partial charge on any atom is -0.496 e. The number of alkyl halides is 3. The smallest absolute Gasteiger partial charge is 0.419 e. The van der Waals surface area contributed by atoms with Crippen LogP contribution in [-0.2, 0) is 10.9 Å². The molecule has 0 spiro atoms. The van der Waals surface area contributed by atoms with Crippen molar-refractivity contribution in [1.29, 1.82) is 0 Å². The molecule has 1 heterocycles. The number of benzene rings is 1. The lowest BCUT2D eigenvalue weighted by Crippen LogP contribution is -2.50. The first-order valence-electron chi connectivity index (χ1n) is 7.91. The van der Waals surface area contributed by atoms with Gasteiger partial charge in [0.25, 0.3) is 0 Å². The first-order chi connectivity index (χ1) is 11.5. The van der Waals surface area contributed by atoms with Crippen molar-refractivity contribution in [3.8, 4) is 5.75 Å². The fourth-order valence-corrected chi connectivity index (χ4v) is 2.40. The van der Waals surface area contributed by atoms with Gasteiger partial charge in [-0.15, -0.1) is 0 Å². The van der Waals surface area contributed by atoms with E-state index in [1.807, 2.05) is 6.08 Å². The van der Waals surface area contributed by atoms with Gasteiger partial charge in [0, 0.05) is 19.0 Å². The van der Waals surface area contributed by atoms with E-state index >= 15 is 0 Å². The van der Waals surface area contributed by atoms with Crippen LogP contribution in [0.4, 0.5) is 18.0 Å². The quantitative estimate of drug-likeness (QED) is 0.794. The maximum Gasteiger partial charge on any atom is 0.419 e. The number of hydrogen-bond acceptors (Lipinski definition) is 3. The molecule has 0 unspecified atom stereocenters. The summed E-state index contributed by atoms with van der Waals surface area (Å²) in [7, 11) is 1.21. The van der Waals surface area contributed by atoms with Gasteiger partial charge in [-0.3, -0.25) is 0 Å². The normalized spacial score (nSPS) is 16.0. The molecular weight excluding hydrogens is 335 g/mol. The molecule has 138 valence electrons. The summed E-state index contributed by atoms with van der Waals surface area (Å²) in [5.41, 5.74) is -0.720. The predicted molar refractivity (Wildman–Crippen MR) is 88.3 cm³/mol. The molecular formula is C18H22F3NO3. The summed E-state index contributed by atoms with van der Waals surface area (Å²) in [4.78, 5) is 13.4. The minimum atomic E-state index is -4.45. The Hall–Kier alpha value is -2.18. The van der Waals surface area contributed by atoms with Gasteiger partial charge in [0.05, 0.1) is 12.7 Å². The van der Waals surface area contributed by atoms with Crippen LogP contribution in [0, 0.1) is 5.92 Å². The zero-order chi connectivity index (χ0) is 18.8. The van der Waals surface area contributed by atoms with Gasteiger partial charge >= 0.3 is 12.3 Å². The molecule has 25 heavy (non-hydrogen) atoms. The standard InChI is InChI=1S/C18H22F3NO3/c1-17(2,3)25-16(23)22-10-13(11-22)6-5-12-7-8-14(18(19,20)21)15(9-12)24-4/h5-9,13H,10-11H2,1-4H3/b6-5+. The van der Waals surface area contributed by atoms with Crippen LogP contribution in [-0.4, -0.2) is 36.8 Å². The van der Waals surface area contributed by atoms with Crippen molar-refractivity contribution in [2.45, 2.75) is 32.5 Å². The molecule has 0 saturated carbocycles. The van der Waals surface area contributed by atoms with Crippen molar-refractivity contribution < 1.29 is 27.4 Å². The lowest BCUT2D eigenvalue weighted by Gasteiger charge is -2.38. The predicted octanol–water partition coefficient (Wildman–Crippen LogP) is 4.59. The zero-order valence-electron chi connectivity index (χ0n) is 14.7. The maximum atomic E-state index is 12.8. The molecule has 0 aliphatic carbocycles. The van der Waals surface area contributed by atoms with Gasteiger partial charge in [0.15, 0.2) is 0 Å². The lowest BCUT2D eigenvalue weighted by molar-refractivity contribution is -0.138. The number of amides is 1. The second-order valence-corrected chi connectivity index (χ2v) is 6.96. The molecule has 0 N–H and O–H groups in total. The Labute approximate surface area is 145 Å². The Morgan fingerprint density at radius 3 is 2.40 bits per heavy atom. The number of halogens is 3. The van der Waals surface area contributed by atoms with Crippen molar-refractivity contribution in [1.82, 2.24) is 4.90 Å². The molecule has 1 saturated heterocycles. The molecule has 0 aromatic heterocycles. The Morgan fingerprint density at radius 1 is 1.24 bits per heavy atom. The maximum absolute atomic E-state index is 12.8. The van der Waals surface area contributed by atoms with E-state index in [2.05, 4.69) is 0 Å². The third-order valence-corrected chi connectivity index (χ3v) is 3.65. The molecule has 1 aliphatic rings. The van der Waals surface area contributed by atoms with Gasteiger partial charge in [0.1, 0.15) is 11.4 Å². The van der Waals surface area contributed by atoms with Gasteiger partial charge in [-0.1, -0.05) is 18.2 Å². The molecule has 0 radical (unpaired) electrons. The van der Waals surface area contributed by atoms with E-state index in [0.29, 0.717) is 18.7 Å². The van der Waals surface area contributed by atoms with Crippen LogP contribution < -0.4 is 4.74 Å². The molecule has 0 bridgehead atoms. The highest BCUT2D eigenvalue weighted by Crippen LogP contribution is 2.36. The minimum absolute atomic E-state index is 0.154. The topological polar surface area (TPSA) is 38.8 Å². The average molecular weight is 357 g/mol. The molecule has 1 aliphatic heterocycles. The van der Waals surface area contributed by atoms with E-state index in [-0.39, 0.29) is 17.8 Å². The average Bonchev–Trinajstić information content (AvgIpc) is 2.42. The van der Waals surface area contributed by atoms with Crippen molar-refractivity contribution in [3.05, 3.63) is 35.4 Å². The van der Waals surface area contributed by atoms with Gasteiger partial charge in [-0.2, -0.15) is 13.2 Å². The Kier molecular flexibility index (Phi) is 5.34. The van der Waals surface area contributed by atoms with Gasteiger partial charge < -0.3 is 14.4 Å². The highest BCUT2D eigenvalue weighted by atomic mass is 19.4. The third kappa shape index (κ3) is 5.14. The molecule has 4 nitrogen and oxygen atoms in total. The SMILES string of the molecule is COc1cc(/C=C/C2CN(C(=O)OC(C)(C)C)C2)ccc1C(F)(F)F. The van der Waals surface area contributed by atoms with E-state index in [4.69, 9.17) is 9.47 Å². The largest absolute Gasteiger partial charge is 0.496 e. The summed E-state index contributed by atoms with van der Waals surface area (Å²) >= 11 is 0. The summed E-state index contributed by atoms with van der Waals surface area (Å²) in [5.74, 6) is -0.0561. The summed E-state index contributed by atoms with van der Waals surface area (Å²) in [6, 6.07) is 3.75. The zero-order valence-corrected chi connectivity index (χ0v) is 14.7. The summed E-state index contributed by atoms with van der Waals surface area (Å²) in [6.45, 7) is 6.48. The number of methoxy groups -OCH3 is 1. The van der Waals surface area contributed by atoms with E-state index in [9.17, 15) is 18.0 Å². The number of hydrogen-bond donors (Lipinski definition) is 0. The highest BCUT2D eigenvalue weighted by Gasteiger charge is 2.34. The molecule has 7 heteroatoms. The summed E-state index contributed by atoms with van der Waals surface area (Å²) < 4.78 is 48.6. The van der Waals surface area contributed by atoms with Gasteiger partial charge in [0.2, 0.25) is 0 Å². The van der Waals surface area contributed by atoms with Gasteiger partial charge in [-0.25, -0.2) is 4.79 Å². The fourth-order valence-electron chi connectivity index (χ4n) is 2.40. The Balaban J connectivity index is 1.95. The first kappa shape index (κ1) is 19.1. The van der Waals surface area contributed by atoms with Crippen molar-refractivity contribution in [2.24, 2.45) is 5.92 Å². The molecule has 0 atom stereocenters. The van der Waals surface area contributed by atoms with E-state index in [1.54, 1.807) is 31.7 Å². The summed E-state index contributed by atoms with van der Waals surface area (Å²) in [5, 5.41) is 0. The van der Waals surface area contributed by atoms with Crippen LogP contribution in [0.5, 0.6) is 5.75 Å². The van der Waals surface area contributed by atoms with Crippen molar-refractivity contribution in [3.63, 3.8) is 0 Å². The number of carbonyl (C=O) groups excluding carboxylic acids is 1. The van der Waals surface area contributed by atoms with Crippen LogP contribution in [0.2, 0.25) is 0 Å². The third-order valence-electron chi connectivity index (χ3n) is 3.65. The molecule has 1 aromatic rings. The van der Waals surface area contributed by atoms with Crippen LogP contribution in [0.25, 0.3) is 6.08 Å². The van der Waals surface area contributed by atoms with E-state index < -0.39 is 17.3 Å². The fraction of sp³-hybridized carbons (Fsp3) is 0.500. The van der Waals surface area contributed by atoms with Gasteiger partial charge in [-0.05, 0) is 38.5 Å². The molecule has 2 rings (SSSR count). The van der Waals surface area contributed by atoms with Crippen molar-refractivity contribution in [2.75, 3.05) is 20.2 Å². The molecule has 1 amide bonds.